The van der Waals surface area contributed by atoms with Gasteiger partial charge >= 0.3 is 0 Å². The van der Waals surface area contributed by atoms with Gasteiger partial charge in [0.1, 0.15) is 5.75 Å². The maximum Gasteiger partial charge on any atom is 0.138 e. The SMILES string of the molecule is Clc1c(OC2CCC(NC3CC3)CC2)ccc2cnccc12. The summed E-state index contributed by atoms with van der Waals surface area (Å²) in [5.41, 5.74) is 0. The summed E-state index contributed by atoms with van der Waals surface area (Å²) >= 11 is 6.50. The summed E-state index contributed by atoms with van der Waals surface area (Å²) in [7, 11) is 0. The first-order valence-corrected chi connectivity index (χ1v) is 8.62. The molecule has 0 radical (unpaired) electrons. The molecular weight excluding hydrogens is 296 g/mol. The molecule has 1 heterocycles. The van der Waals surface area contributed by atoms with Crippen LogP contribution in [0.4, 0.5) is 0 Å². The van der Waals surface area contributed by atoms with Gasteiger partial charge in [-0.3, -0.25) is 4.98 Å². The van der Waals surface area contributed by atoms with E-state index in [0.29, 0.717) is 11.1 Å². The molecule has 1 aromatic heterocycles. The summed E-state index contributed by atoms with van der Waals surface area (Å²) in [4.78, 5) is 4.13. The number of fused-ring (bicyclic) bond motifs is 1. The molecule has 2 aliphatic rings. The molecule has 0 saturated heterocycles. The van der Waals surface area contributed by atoms with Gasteiger partial charge in [0.2, 0.25) is 0 Å². The zero-order chi connectivity index (χ0) is 14.9. The van der Waals surface area contributed by atoms with Crippen LogP contribution >= 0.6 is 11.6 Å². The Balaban J connectivity index is 1.42. The quantitative estimate of drug-likeness (QED) is 0.911. The Hall–Kier alpha value is -1.32. The van der Waals surface area contributed by atoms with Crippen LogP contribution in [-0.4, -0.2) is 23.2 Å². The van der Waals surface area contributed by atoms with Crippen molar-refractivity contribution >= 4 is 22.4 Å². The second-order valence-electron chi connectivity index (χ2n) is 6.51. The van der Waals surface area contributed by atoms with Gasteiger partial charge in [-0.2, -0.15) is 0 Å². The maximum absolute atomic E-state index is 6.50. The lowest BCUT2D eigenvalue weighted by Crippen LogP contribution is -2.37. The van der Waals surface area contributed by atoms with Crippen molar-refractivity contribution in [3.05, 3.63) is 35.6 Å². The molecule has 4 rings (SSSR count). The van der Waals surface area contributed by atoms with Gasteiger partial charge in [0.05, 0.1) is 11.1 Å². The predicted octanol–water partition coefficient (Wildman–Crippen LogP) is 4.33. The molecule has 1 aromatic carbocycles. The number of nitrogens with zero attached hydrogens (tertiary/aromatic N) is 1. The molecule has 2 aromatic rings. The highest BCUT2D eigenvalue weighted by Gasteiger charge is 2.28. The van der Waals surface area contributed by atoms with E-state index in [1.807, 2.05) is 24.4 Å². The van der Waals surface area contributed by atoms with Crippen molar-refractivity contribution in [2.75, 3.05) is 0 Å². The largest absolute Gasteiger partial charge is 0.489 e. The number of benzene rings is 1. The number of hydrogen-bond acceptors (Lipinski definition) is 3. The first-order chi connectivity index (χ1) is 10.8. The first kappa shape index (κ1) is 14.3. The Kier molecular flexibility index (Phi) is 3.93. The number of pyridine rings is 1. The lowest BCUT2D eigenvalue weighted by Gasteiger charge is -2.30. The molecule has 4 heteroatoms. The summed E-state index contributed by atoms with van der Waals surface area (Å²) in [5.74, 6) is 0.805. The van der Waals surface area contributed by atoms with Gasteiger partial charge < -0.3 is 10.1 Å². The minimum atomic E-state index is 0.286. The maximum atomic E-state index is 6.50. The summed E-state index contributed by atoms with van der Waals surface area (Å²) in [5, 5.41) is 6.50. The van der Waals surface area contributed by atoms with Crippen molar-refractivity contribution in [1.82, 2.24) is 10.3 Å². The molecular formula is C18H21ClN2O. The van der Waals surface area contributed by atoms with E-state index in [4.69, 9.17) is 16.3 Å². The second kappa shape index (κ2) is 6.05. The molecule has 22 heavy (non-hydrogen) atoms. The van der Waals surface area contributed by atoms with Crippen molar-refractivity contribution in [1.29, 1.82) is 0 Å². The van der Waals surface area contributed by atoms with E-state index < -0.39 is 0 Å². The van der Waals surface area contributed by atoms with Crippen LogP contribution in [0.5, 0.6) is 5.75 Å². The fourth-order valence-corrected chi connectivity index (χ4v) is 3.59. The Morgan fingerprint density at radius 1 is 1.00 bits per heavy atom. The van der Waals surface area contributed by atoms with E-state index in [-0.39, 0.29) is 6.10 Å². The number of aromatic nitrogens is 1. The molecule has 0 amide bonds. The predicted molar refractivity (Wildman–Crippen MR) is 89.6 cm³/mol. The highest BCUT2D eigenvalue weighted by molar-refractivity contribution is 6.37. The molecule has 0 unspecified atom stereocenters. The third kappa shape index (κ3) is 3.06. The number of ether oxygens (including phenoxy) is 1. The minimum absolute atomic E-state index is 0.286. The van der Waals surface area contributed by atoms with Crippen LogP contribution in [0.15, 0.2) is 30.6 Å². The van der Waals surface area contributed by atoms with Crippen LogP contribution < -0.4 is 10.1 Å². The Labute approximate surface area is 136 Å². The molecule has 0 spiro atoms. The van der Waals surface area contributed by atoms with Gasteiger partial charge in [0, 0.05) is 35.2 Å². The number of halogens is 1. The Bertz CT molecular complexity index is 663. The van der Waals surface area contributed by atoms with Crippen molar-refractivity contribution in [2.24, 2.45) is 0 Å². The Morgan fingerprint density at radius 2 is 1.73 bits per heavy atom. The average Bonchev–Trinajstić information content (AvgIpc) is 3.36. The third-order valence-electron chi connectivity index (χ3n) is 4.74. The monoisotopic (exact) mass is 316 g/mol. The van der Waals surface area contributed by atoms with Crippen LogP contribution in [0.1, 0.15) is 38.5 Å². The molecule has 0 aliphatic heterocycles. The van der Waals surface area contributed by atoms with E-state index in [1.165, 1.54) is 25.7 Å². The van der Waals surface area contributed by atoms with Crippen LogP contribution in [0.25, 0.3) is 10.8 Å². The van der Waals surface area contributed by atoms with Crippen LogP contribution in [0, 0.1) is 0 Å². The standard InChI is InChI=1S/C18H21ClN2O/c19-18-16-9-10-20-11-12(16)1-8-17(18)22-15-6-4-14(5-7-15)21-13-2-3-13/h1,8-11,13-15,21H,2-7H2. The van der Waals surface area contributed by atoms with Crippen molar-refractivity contribution in [3.63, 3.8) is 0 Å². The highest BCUT2D eigenvalue weighted by Crippen LogP contribution is 2.35. The third-order valence-corrected chi connectivity index (χ3v) is 5.13. The summed E-state index contributed by atoms with van der Waals surface area (Å²) in [6.07, 6.45) is 11.2. The van der Waals surface area contributed by atoms with Crippen molar-refractivity contribution in [3.8, 4) is 5.75 Å². The smallest absolute Gasteiger partial charge is 0.138 e. The fraction of sp³-hybridized carbons (Fsp3) is 0.500. The molecule has 2 fully saturated rings. The van der Waals surface area contributed by atoms with Gasteiger partial charge in [-0.05, 0) is 56.7 Å². The normalized spacial score (nSPS) is 25.3. The highest BCUT2D eigenvalue weighted by atomic mass is 35.5. The average molecular weight is 317 g/mol. The van der Waals surface area contributed by atoms with Crippen LogP contribution in [0.3, 0.4) is 0 Å². The van der Waals surface area contributed by atoms with Crippen molar-refractivity contribution in [2.45, 2.75) is 56.7 Å². The van der Waals surface area contributed by atoms with Gasteiger partial charge in [-0.15, -0.1) is 0 Å². The molecule has 116 valence electrons. The van der Waals surface area contributed by atoms with Crippen LogP contribution in [0.2, 0.25) is 5.02 Å². The fourth-order valence-electron chi connectivity index (χ4n) is 3.31. The molecule has 1 N–H and O–H groups in total. The first-order valence-electron chi connectivity index (χ1n) is 8.24. The summed E-state index contributed by atoms with van der Waals surface area (Å²) in [6, 6.07) is 7.43. The van der Waals surface area contributed by atoms with Gasteiger partial charge in [-0.1, -0.05) is 11.6 Å². The zero-order valence-electron chi connectivity index (χ0n) is 12.6. The molecule has 2 aliphatic carbocycles. The molecule has 3 nitrogen and oxygen atoms in total. The number of nitrogens with one attached hydrogen (secondary N) is 1. The van der Waals surface area contributed by atoms with E-state index in [9.17, 15) is 0 Å². The van der Waals surface area contributed by atoms with E-state index in [1.54, 1.807) is 6.20 Å². The van der Waals surface area contributed by atoms with E-state index >= 15 is 0 Å². The lowest BCUT2D eigenvalue weighted by molar-refractivity contribution is 0.139. The van der Waals surface area contributed by atoms with Gasteiger partial charge in [-0.25, -0.2) is 0 Å². The Morgan fingerprint density at radius 3 is 2.45 bits per heavy atom. The minimum Gasteiger partial charge on any atom is -0.489 e. The topological polar surface area (TPSA) is 34.1 Å². The lowest BCUT2D eigenvalue weighted by atomic mass is 9.93. The van der Waals surface area contributed by atoms with E-state index in [2.05, 4.69) is 10.3 Å². The zero-order valence-corrected chi connectivity index (χ0v) is 13.4. The molecule has 0 bridgehead atoms. The van der Waals surface area contributed by atoms with Gasteiger partial charge in [0.15, 0.2) is 0 Å². The van der Waals surface area contributed by atoms with Crippen LogP contribution in [-0.2, 0) is 0 Å². The number of hydrogen-bond donors (Lipinski definition) is 1. The second-order valence-corrected chi connectivity index (χ2v) is 6.88. The van der Waals surface area contributed by atoms with E-state index in [0.717, 1.165) is 35.4 Å². The van der Waals surface area contributed by atoms with Gasteiger partial charge in [0.25, 0.3) is 0 Å². The van der Waals surface area contributed by atoms with Crippen molar-refractivity contribution < 1.29 is 4.74 Å². The molecule has 2 saturated carbocycles. The molecule has 0 atom stereocenters. The summed E-state index contributed by atoms with van der Waals surface area (Å²) < 4.78 is 6.18. The number of rotatable bonds is 4. The summed E-state index contributed by atoms with van der Waals surface area (Å²) in [6.45, 7) is 0.